The lowest BCUT2D eigenvalue weighted by Gasteiger charge is -2.32. The van der Waals surface area contributed by atoms with Crippen LogP contribution >= 0.6 is 0 Å². The first-order valence-corrected chi connectivity index (χ1v) is 20.8. The Bertz CT molecular complexity index is 1720. The standard InChI is InChI=1S/C48H64B2O4/c1-11-13-15-17-21-35-23-19-25-37(31-35)43-33-39(49-51-45(3,4)46(5,6)52-49)27-29-41(43)42-30-28-40(50-53-47(7,8)48(9,10)54-50)34-44(42)38-26-20-24-36(32-38)22-18-16-14-12-2/h19-20,23-34H,11-18,21-22H2,1-10H3. The molecule has 4 aromatic carbocycles. The van der Waals surface area contributed by atoms with E-state index in [1.807, 2.05) is 0 Å². The van der Waals surface area contributed by atoms with Gasteiger partial charge in [0.05, 0.1) is 22.4 Å². The maximum Gasteiger partial charge on any atom is 0.494 e. The molecule has 0 amide bonds. The molecule has 4 nitrogen and oxygen atoms in total. The summed E-state index contributed by atoms with van der Waals surface area (Å²) in [6.07, 6.45) is 12.2. The van der Waals surface area contributed by atoms with Gasteiger partial charge in [-0.2, -0.15) is 0 Å². The Hall–Kier alpha value is -3.15. The summed E-state index contributed by atoms with van der Waals surface area (Å²) in [5.74, 6) is 0. The van der Waals surface area contributed by atoms with Gasteiger partial charge in [0.2, 0.25) is 0 Å². The Morgan fingerprint density at radius 3 is 1.13 bits per heavy atom. The highest BCUT2D eigenvalue weighted by atomic mass is 16.7. The summed E-state index contributed by atoms with van der Waals surface area (Å²) in [5.41, 5.74) is 10.3. The van der Waals surface area contributed by atoms with Crippen molar-refractivity contribution in [2.45, 2.75) is 156 Å². The smallest absolute Gasteiger partial charge is 0.399 e. The van der Waals surface area contributed by atoms with Crippen LogP contribution in [-0.4, -0.2) is 36.6 Å². The second-order valence-electron chi connectivity index (χ2n) is 17.8. The van der Waals surface area contributed by atoms with E-state index in [4.69, 9.17) is 18.6 Å². The zero-order valence-corrected chi connectivity index (χ0v) is 34.9. The van der Waals surface area contributed by atoms with Crippen molar-refractivity contribution < 1.29 is 18.6 Å². The molecule has 0 saturated carbocycles. The summed E-state index contributed by atoms with van der Waals surface area (Å²) >= 11 is 0. The van der Waals surface area contributed by atoms with E-state index in [1.165, 1.54) is 95.9 Å². The lowest BCUT2D eigenvalue weighted by Crippen LogP contribution is -2.41. The fraction of sp³-hybridized carbons (Fsp3) is 0.500. The van der Waals surface area contributed by atoms with Gasteiger partial charge in [0.15, 0.2) is 0 Å². The van der Waals surface area contributed by atoms with Gasteiger partial charge in [-0.1, -0.05) is 137 Å². The van der Waals surface area contributed by atoms with Crippen LogP contribution in [0, 0.1) is 0 Å². The minimum atomic E-state index is -0.449. The molecular formula is C48H64B2O4. The molecule has 0 N–H and O–H groups in total. The zero-order chi connectivity index (χ0) is 38.7. The summed E-state index contributed by atoms with van der Waals surface area (Å²) in [5, 5.41) is 0. The number of benzene rings is 4. The molecule has 0 aromatic heterocycles. The minimum absolute atomic E-state index is 0.424. The molecule has 6 rings (SSSR count). The Balaban J connectivity index is 1.49. The Kier molecular flexibility index (Phi) is 12.4. The molecule has 6 heteroatoms. The largest absolute Gasteiger partial charge is 0.494 e. The van der Waals surface area contributed by atoms with Gasteiger partial charge in [0.1, 0.15) is 0 Å². The van der Waals surface area contributed by atoms with Crippen molar-refractivity contribution in [3.8, 4) is 33.4 Å². The van der Waals surface area contributed by atoms with Crippen molar-refractivity contribution in [3.63, 3.8) is 0 Å². The lowest BCUT2D eigenvalue weighted by atomic mass is 9.74. The van der Waals surface area contributed by atoms with Gasteiger partial charge in [-0.05, 0) is 137 Å². The molecule has 0 aliphatic carbocycles. The van der Waals surface area contributed by atoms with Crippen LogP contribution < -0.4 is 10.9 Å². The molecule has 0 atom stereocenters. The van der Waals surface area contributed by atoms with E-state index >= 15 is 0 Å². The molecule has 0 unspecified atom stereocenters. The predicted octanol–water partition coefficient (Wildman–Crippen LogP) is 11.5. The van der Waals surface area contributed by atoms with E-state index in [9.17, 15) is 0 Å². The zero-order valence-electron chi connectivity index (χ0n) is 34.9. The molecular weight excluding hydrogens is 662 g/mol. The maximum atomic E-state index is 6.60. The molecule has 2 aliphatic rings. The molecule has 0 radical (unpaired) electrons. The van der Waals surface area contributed by atoms with E-state index in [1.54, 1.807) is 0 Å². The SMILES string of the molecule is CCCCCCc1cccc(-c2cc(B3OC(C)(C)C(C)(C)O3)ccc2-c2ccc(B3OC(C)(C)C(C)(C)O3)cc2-c2cccc(CCCCCC)c2)c1. The Morgan fingerprint density at radius 1 is 0.407 bits per heavy atom. The Morgan fingerprint density at radius 2 is 0.778 bits per heavy atom. The summed E-state index contributed by atoms with van der Waals surface area (Å²) in [4.78, 5) is 0. The van der Waals surface area contributed by atoms with E-state index in [-0.39, 0.29) is 0 Å². The highest BCUT2D eigenvalue weighted by molar-refractivity contribution is 6.62. The topological polar surface area (TPSA) is 36.9 Å². The van der Waals surface area contributed by atoms with Gasteiger partial charge in [0.25, 0.3) is 0 Å². The fourth-order valence-electron chi connectivity index (χ4n) is 7.62. The molecule has 2 fully saturated rings. The average Bonchev–Trinajstić information content (AvgIpc) is 3.51. The number of unbranched alkanes of at least 4 members (excludes halogenated alkanes) is 6. The van der Waals surface area contributed by atoms with Crippen LogP contribution in [0.1, 0.15) is 132 Å². The van der Waals surface area contributed by atoms with Crippen molar-refractivity contribution in [1.82, 2.24) is 0 Å². The lowest BCUT2D eigenvalue weighted by molar-refractivity contribution is 0.00578. The quantitative estimate of drug-likeness (QED) is 0.0903. The summed E-state index contributed by atoms with van der Waals surface area (Å²) in [6, 6.07) is 31.9. The minimum Gasteiger partial charge on any atom is -0.399 e. The first-order valence-electron chi connectivity index (χ1n) is 20.8. The molecule has 54 heavy (non-hydrogen) atoms. The summed E-state index contributed by atoms with van der Waals surface area (Å²) in [6.45, 7) is 21.5. The molecule has 2 saturated heterocycles. The van der Waals surface area contributed by atoms with Gasteiger partial charge in [-0.3, -0.25) is 0 Å². The van der Waals surface area contributed by atoms with Crippen molar-refractivity contribution in [2.75, 3.05) is 0 Å². The third-order valence-electron chi connectivity index (χ3n) is 12.5. The molecule has 0 bridgehead atoms. The van der Waals surface area contributed by atoms with Crippen LogP contribution in [0.2, 0.25) is 0 Å². The van der Waals surface area contributed by atoms with E-state index in [0.717, 1.165) is 23.8 Å². The van der Waals surface area contributed by atoms with Crippen molar-refractivity contribution >= 4 is 25.2 Å². The summed E-state index contributed by atoms with van der Waals surface area (Å²) < 4.78 is 26.4. The van der Waals surface area contributed by atoms with Gasteiger partial charge in [-0.25, -0.2) is 0 Å². The van der Waals surface area contributed by atoms with Gasteiger partial charge >= 0.3 is 14.2 Å². The molecule has 0 spiro atoms. The van der Waals surface area contributed by atoms with Crippen LogP contribution in [0.15, 0.2) is 84.9 Å². The highest BCUT2D eigenvalue weighted by Gasteiger charge is 2.53. The third kappa shape index (κ3) is 8.78. The molecule has 2 heterocycles. The number of hydrogen-bond donors (Lipinski definition) is 0. The van der Waals surface area contributed by atoms with Crippen LogP contribution in [0.4, 0.5) is 0 Å². The first kappa shape index (κ1) is 40.5. The van der Waals surface area contributed by atoms with Gasteiger partial charge in [-0.15, -0.1) is 0 Å². The second kappa shape index (κ2) is 16.5. The first-order chi connectivity index (χ1) is 25.6. The summed E-state index contributed by atoms with van der Waals surface area (Å²) in [7, 11) is -0.899. The average molecular weight is 727 g/mol. The normalized spacial score (nSPS) is 18.4. The monoisotopic (exact) mass is 726 g/mol. The molecule has 286 valence electrons. The van der Waals surface area contributed by atoms with Crippen molar-refractivity contribution in [3.05, 3.63) is 96.1 Å². The number of rotatable bonds is 15. The van der Waals surface area contributed by atoms with E-state index in [0.29, 0.717) is 0 Å². The van der Waals surface area contributed by atoms with Crippen molar-refractivity contribution in [2.24, 2.45) is 0 Å². The highest BCUT2D eigenvalue weighted by Crippen LogP contribution is 2.42. The predicted molar refractivity (Wildman–Crippen MR) is 230 cm³/mol. The maximum absolute atomic E-state index is 6.60. The van der Waals surface area contributed by atoms with Crippen LogP contribution in [0.3, 0.4) is 0 Å². The molecule has 4 aromatic rings. The van der Waals surface area contributed by atoms with E-state index < -0.39 is 36.6 Å². The van der Waals surface area contributed by atoms with Crippen molar-refractivity contribution in [1.29, 1.82) is 0 Å². The van der Waals surface area contributed by atoms with Crippen LogP contribution in [0.25, 0.3) is 33.4 Å². The van der Waals surface area contributed by atoms with E-state index in [2.05, 4.69) is 154 Å². The Labute approximate surface area is 328 Å². The number of aryl methyl sites for hydroxylation is 2. The van der Waals surface area contributed by atoms with Crippen LogP contribution in [-0.2, 0) is 31.5 Å². The number of hydrogen-bond acceptors (Lipinski definition) is 4. The van der Waals surface area contributed by atoms with Gasteiger partial charge < -0.3 is 18.6 Å². The third-order valence-corrected chi connectivity index (χ3v) is 12.5. The second-order valence-corrected chi connectivity index (χ2v) is 17.8. The molecule has 2 aliphatic heterocycles. The van der Waals surface area contributed by atoms with Gasteiger partial charge in [0, 0.05) is 0 Å². The fourth-order valence-corrected chi connectivity index (χ4v) is 7.62. The van der Waals surface area contributed by atoms with Crippen LogP contribution in [0.5, 0.6) is 0 Å².